The SMILES string of the molecule is C=CCCOC(=O)N(CCC)C1CC(=NOCc2ccccc2)C2=CC(CCCCO)C(CCCCO)C3c4cc(Oc5ccc6ccccc6c5)ccc4OC1(OCC=C)C23. The van der Waals surface area contributed by atoms with Gasteiger partial charge in [-0.25, -0.2) is 4.79 Å². The van der Waals surface area contributed by atoms with Gasteiger partial charge >= 0.3 is 6.09 Å². The summed E-state index contributed by atoms with van der Waals surface area (Å²) >= 11 is 0. The first-order valence-corrected chi connectivity index (χ1v) is 22.4. The van der Waals surface area contributed by atoms with Crippen LogP contribution < -0.4 is 9.47 Å². The summed E-state index contributed by atoms with van der Waals surface area (Å²) in [6.45, 7) is 11.2. The highest BCUT2D eigenvalue weighted by molar-refractivity contribution is 6.03. The molecule has 1 amide bonds. The van der Waals surface area contributed by atoms with Crippen LogP contribution in [0.2, 0.25) is 0 Å². The van der Waals surface area contributed by atoms with Gasteiger partial charge in [-0.3, -0.25) is 4.90 Å². The van der Waals surface area contributed by atoms with E-state index in [1.807, 2.05) is 67.6 Å². The highest BCUT2D eigenvalue weighted by atomic mass is 16.7. The van der Waals surface area contributed by atoms with Gasteiger partial charge in [0, 0.05) is 37.7 Å². The maximum Gasteiger partial charge on any atom is 0.410 e. The fourth-order valence-electron chi connectivity index (χ4n) is 9.77. The molecule has 0 spiro atoms. The number of allylic oxidation sites excluding steroid dienone is 1. The van der Waals surface area contributed by atoms with Crippen LogP contribution in [-0.4, -0.2) is 71.7 Å². The third-order valence-corrected chi connectivity index (χ3v) is 12.5. The number of nitrogens with zero attached hydrogens (tertiary/aromatic N) is 2. The summed E-state index contributed by atoms with van der Waals surface area (Å²) in [4.78, 5) is 22.3. The molecule has 7 rings (SSSR count). The topological polar surface area (TPSA) is 119 Å². The Kier molecular flexibility index (Phi) is 15.5. The lowest BCUT2D eigenvalue weighted by molar-refractivity contribution is -0.255. The monoisotopic (exact) mass is 842 g/mol. The third kappa shape index (κ3) is 9.94. The zero-order valence-corrected chi connectivity index (χ0v) is 36.0. The Hall–Kier alpha value is -5.42. The lowest BCUT2D eigenvalue weighted by Gasteiger charge is -2.59. The Morgan fingerprint density at radius 3 is 2.40 bits per heavy atom. The number of ether oxygens (including phenoxy) is 4. The zero-order valence-electron chi connectivity index (χ0n) is 36.0. The van der Waals surface area contributed by atoms with E-state index in [0.717, 1.165) is 64.6 Å². The van der Waals surface area contributed by atoms with Crippen molar-refractivity contribution in [2.24, 2.45) is 22.9 Å². The minimum Gasteiger partial charge on any atom is -0.459 e. The number of amides is 1. The van der Waals surface area contributed by atoms with Crippen molar-refractivity contribution >= 4 is 22.6 Å². The third-order valence-electron chi connectivity index (χ3n) is 12.5. The van der Waals surface area contributed by atoms with Crippen LogP contribution in [0, 0.1) is 17.8 Å². The van der Waals surface area contributed by atoms with Gasteiger partial charge in [-0.15, -0.1) is 13.2 Å². The van der Waals surface area contributed by atoms with Crippen molar-refractivity contribution in [1.29, 1.82) is 0 Å². The number of benzene rings is 4. The van der Waals surface area contributed by atoms with E-state index in [-0.39, 0.29) is 57.2 Å². The van der Waals surface area contributed by atoms with Gasteiger partial charge in [-0.1, -0.05) is 104 Å². The van der Waals surface area contributed by atoms with Gasteiger partial charge in [0.15, 0.2) is 0 Å². The highest BCUT2D eigenvalue weighted by Crippen LogP contribution is 2.62. The number of aliphatic hydroxyl groups excluding tert-OH is 2. The van der Waals surface area contributed by atoms with Gasteiger partial charge in [0.25, 0.3) is 0 Å². The Morgan fingerprint density at radius 1 is 0.903 bits per heavy atom. The number of carbonyl (C=O) groups is 1. The number of hydrogen-bond acceptors (Lipinski definition) is 9. The van der Waals surface area contributed by atoms with Crippen LogP contribution in [0.25, 0.3) is 10.8 Å². The van der Waals surface area contributed by atoms with Crippen LogP contribution in [0.1, 0.15) is 81.8 Å². The maximum atomic E-state index is 14.3. The minimum atomic E-state index is -1.38. The van der Waals surface area contributed by atoms with Crippen LogP contribution >= 0.6 is 0 Å². The molecule has 4 aromatic carbocycles. The Morgan fingerprint density at radius 2 is 1.65 bits per heavy atom. The molecule has 2 N–H and O–H groups in total. The van der Waals surface area contributed by atoms with Crippen LogP contribution in [-0.2, 0) is 20.9 Å². The standard InChI is InChI=1S/C52H62N2O8/c1-4-7-31-58-51(57)54(27-5-2)48-35-46(53-60-36-37-17-9-8-10-18-37)44-33-40(21-13-15-28-55)43(22-14-16-29-56)49-45-34-42(61-41-24-23-38-19-11-12-20-39(38)32-41)25-26-47(45)62-52(48,50(44)49)59-30-6-3/h4,6,8-12,17-20,23-26,32-34,40,43,48-50,55-56H,1,3,5,7,13-16,21-22,27-31,35-36H2,2H3. The van der Waals surface area contributed by atoms with Crippen LogP contribution in [0.15, 0.2) is 133 Å². The van der Waals surface area contributed by atoms with Gasteiger partial charge in [0.1, 0.15) is 29.9 Å². The van der Waals surface area contributed by atoms with E-state index in [4.69, 9.17) is 28.9 Å². The predicted molar refractivity (Wildman–Crippen MR) is 243 cm³/mol. The van der Waals surface area contributed by atoms with Gasteiger partial charge in [0.2, 0.25) is 5.79 Å². The molecule has 0 radical (unpaired) electrons. The molecule has 10 nitrogen and oxygen atoms in total. The molecular weight excluding hydrogens is 781 g/mol. The summed E-state index contributed by atoms with van der Waals surface area (Å²) < 4.78 is 27.0. The van der Waals surface area contributed by atoms with E-state index in [2.05, 4.69) is 49.6 Å². The summed E-state index contributed by atoms with van der Waals surface area (Å²) in [6, 6.07) is 29.6. The van der Waals surface area contributed by atoms with Crippen molar-refractivity contribution in [3.8, 4) is 17.2 Å². The second kappa shape index (κ2) is 21.6. The number of oxime groups is 1. The summed E-state index contributed by atoms with van der Waals surface area (Å²) in [6.07, 6.45) is 11.5. The summed E-state index contributed by atoms with van der Waals surface area (Å²) in [5, 5.41) is 27.1. The molecule has 0 aromatic heterocycles. The van der Waals surface area contributed by atoms with E-state index >= 15 is 0 Å². The van der Waals surface area contributed by atoms with Crippen molar-refractivity contribution in [3.05, 3.63) is 139 Å². The highest BCUT2D eigenvalue weighted by Gasteiger charge is 2.65. The molecule has 1 fully saturated rings. The Balaban J connectivity index is 1.42. The van der Waals surface area contributed by atoms with Crippen LogP contribution in [0.5, 0.6) is 17.2 Å². The maximum absolute atomic E-state index is 14.3. The number of unbranched alkanes of at least 4 members (excludes halogenated alkanes) is 2. The Labute approximate surface area is 366 Å². The molecule has 1 saturated carbocycles. The molecule has 6 unspecified atom stereocenters. The lowest BCUT2D eigenvalue weighted by atomic mass is 9.55. The molecular formula is C52H62N2O8. The average Bonchev–Trinajstić information content (AvgIpc) is 3.29. The molecule has 0 saturated heterocycles. The van der Waals surface area contributed by atoms with Crippen LogP contribution in [0.3, 0.4) is 0 Å². The normalized spacial score (nSPS) is 23.0. The van der Waals surface area contributed by atoms with Crippen molar-refractivity contribution in [1.82, 2.24) is 4.90 Å². The largest absolute Gasteiger partial charge is 0.459 e. The number of fused-ring (bicyclic) bond motifs is 3. The van der Waals surface area contributed by atoms with E-state index in [1.54, 1.807) is 17.1 Å². The molecule has 1 aliphatic heterocycles. The van der Waals surface area contributed by atoms with Crippen molar-refractivity contribution in [2.45, 2.75) is 89.1 Å². The van der Waals surface area contributed by atoms with E-state index < -0.39 is 23.8 Å². The molecule has 2 aliphatic carbocycles. The molecule has 10 heteroatoms. The molecule has 3 aliphatic rings. The lowest BCUT2D eigenvalue weighted by Crippen LogP contribution is -2.70. The van der Waals surface area contributed by atoms with Crippen molar-refractivity contribution in [3.63, 3.8) is 0 Å². The van der Waals surface area contributed by atoms with Gasteiger partial charge in [-0.05, 0) is 103 Å². The van der Waals surface area contributed by atoms with E-state index in [0.29, 0.717) is 43.7 Å². The number of hydrogen-bond donors (Lipinski definition) is 2. The summed E-state index contributed by atoms with van der Waals surface area (Å²) in [7, 11) is 0. The smallest absolute Gasteiger partial charge is 0.410 e. The van der Waals surface area contributed by atoms with Gasteiger partial charge < -0.3 is 34.0 Å². The minimum absolute atomic E-state index is 0.0728. The number of aliphatic hydroxyl groups is 2. The predicted octanol–water partition coefficient (Wildman–Crippen LogP) is 10.9. The van der Waals surface area contributed by atoms with Crippen molar-refractivity contribution < 1.29 is 38.8 Å². The molecule has 62 heavy (non-hydrogen) atoms. The van der Waals surface area contributed by atoms with Crippen molar-refractivity contribution in [2.75, 3.05) is 33.0 Å². The molecule has 6 atom stereocenters. The number of carbonyl (C=O) groups excluding carboxylic acids is 1. The first kappa shape index (κ1) is 44.6. The number of rotatable bonds is 22. The second-order valence-corrected chi connectivity index (χ2v) is 16.5. The first-order valence-electron chi connectivity index (χ1n) is 22.4. The fraction of sp³-hybridized carbons (Fsp3) is 0.423. The summed E-state index contributed by atoms with van der Waals surface area (Å²) in [5.74, 6) is 0.207. The molecule has 0 bridgehead atoms. The second-order valence-electron chi connectivity index (χ2n) is 16.5. The van der Waals surface area contributed by atoms with E-state index in [9.17, 15) is 15.0 Å². The molecule has 1 heterocycles. The average molecular weight is 843 g/mol. The Bertz CT molecular complexity index is 2190. The quantitative estimate of drug-likeness (QED) is 0.0456. The first-order chi connectivity index (χ1) is 30.4. The van der Waals surface area contributed by atoms with E-state index in [1.165, 1.54) is 0 Å². The summed E-state index contributed by atoms with van der Waals surface area (Å²) in [5.41, 5.74) is 3.68. The van der Waals surface area contributed by atoms with Crippen LogP contribution in [0.4, 0.5) is 4.79 Å². The van der Waals surface area contributed by atoms with Gasteiger partial charge in [0.05, 0.1) is 24.8 Å². The zero-order chi connectivity index (χ0) is 43.3. The fourth-order valence-corrected chi connectivity index (χ4v) is 9.77. The molecule has 4 aromatic rings. The van der Waals surface area contributed by atoms with Gasteiger partial charge in [-0.2, -0.15) is 0 Å². The molecule has 328 valence electrons.